The van der Waals surface area contributed by atoms with E-state index in [9.17, 15) is 4.79 Å². The summed E-state index contributed by atoms with van der Waals surface area (Å²) >= 11 is 0. The van der Waals surface area contributed by atoms with Gasteiger partial charge >= 0.3 is 0 Å². The molecule has 1 aliphatic rings. The number of hydrogen-bond donors (Lipinski definition) is 0. The molecule has 1 fully saturated rings. The van der Waals surface area contributed by atoms with Gasteiger partial charge in [-0.1, -0.05) is 180 Å². The summed E-state index contributed by atoms with van der Waals surface area (Å²) in [4.78, 5) is 13.7. The number of carbonyl (C=O) groups excluding carboxylic acids is 1. The second-order valence-corrected chi connectivity index (χ2v) is 18.6. The Hall–Kier alpha value is -3.65. The first-order valence-electron chi connectivity index (χ1n) is 18.2. The lowest BCUT2D eigenvalue weighted by molar-refractivity contribution is -0.172. The van der Waals surface area contributed by atoms with Crippen LogP contribution in [-0.4, -0.2) is 45.1 Å². The summed E-state index contributed by atoms with van der Waals surface area (Å²) in [7, 11) is -2.79. The summed E-state index contributed by atoms with van der Waals surface area (Å²) in [6.45, 7) is 10.2. The van der Waals surface area contributed by atoms with E-state index in [4.69, 9.17) is 18.6 Å². The summed E-state index contributed by atoms with van der Waals surface area (Å²) < 4.78 is 26.6. The standard InChI is InChI=1S/C44H54O5Si/c1-5-6-11-24-37(49-50(44(2,3)4,39-25-16-9-17-26-39)40-27-18-10-19-28-40)29-30-38-31-41(45)43(47-33-36-22-14-8-15-23-36)42(48-38)34-46-32-35-20-12-7-13-21-35/h7-10,12-23,25-30,37-38,42-43H,5-6,11,24,31-34H2,1-4H3/b30-29+/t37-,38+,42+,43+/m0/s1. The van der Waals surface area contributed by atoms with Gasteiger partial charge in [0.1, 0.15) is 12.2 Å². The van der Waals surface area contributed by atoms with Crippen molar-refractivity contribution in [2.45, 2.75) is 102 Å². The van der Waals surface area contributed by atoms with E-state index in [-0.39, 0.29) is 30.0 Å². The number of benzene rings is 4. The molecule has 0 bridgehead atoms. The lowest BCUT2D eigenvalue weighted by atomic mass is 9.98. The van der Waals surface area contributed by atoms with Gasteiger partial charge in [-0.25, -0.2) is 0 Å². The molecule has 0 saturated carbocycles. The van der Waals surface area contributed by atoms with Crippen LogP contribution in [0.15, 0.2) is 133 Å². The zero-order valence-corrected chi connectivity index (χ0v) is 31.2. The van der Waals surface area contributed by atoms with Crippen LogP contribution in [0.4, 0.5) is 0 Å². The molecule has 1 saturated heterocycles. The van der Waals surface area contributed by atoms with Crippen molar-refractivity contribution in [3.63, 3.8) is 0 Å². The summed E-state index contributed by atoms with van der Waals surface area (Å²) in [6, 6.07) is 41.5. The molecular weight excluding hydrogens is 637 g/mol. The molecule has 264 valence electrons. The van der Waals surface area contributed by atoms with Gasteiger partial charge in [0.25, 0.3) is 8.32 Å². The van der Waals surface area contributed by atoms with Crippen molar-refractivity contribution in [3.05, 3.63) is 145 Å². The monoisotopic (exact) mass is 690 g/mol. The maximum atomic E-state index is 13.7. The van der Waals surface area contributed by atoms with Crippen molar-refractivity contribution in [3.8, 4) is 0 Å². The Morgan fingerprint density at radius 2 is 1.32 bits per heavy atom. The summed E-state index contributed by atoms with van der Waals surface area (Å²) in [6.07, 6.45) is 6.89. The van der Waals surface area contributed by atoms with Crippen molar-refractivity contribution in [2.75, 3.05) is 6.61 Å². The van der Waals surface area contributed by atoms with Gasteiger partial charge in [-0.15, -0.1) is 0 Å². The minimum Gasteiger partial charge on any atom is -0.401 e. The van der Waals surface area contributed by atoms with E-state index in [1.54, 1.807) is 0 Å². The van der Waals surface area contributed by atoms with Gasteiger partial charge in [0.2, 0.25) is 0 Å². The van der Waals surface area contributed by atoms with Crippen molar-refractivity contribution in [1.82, 2.24) is 0 Å². The number of ether oxygens (including phenoxy) is 3. The van der Waals surface area contributed by atoms with E-state index < -0.39 is 26.6 Å². The van der Waals surface area contributed by atoms with E-state index in [2.05, 4.69) is 101 Å². The third kappa shape index (κ3) is 9.99. The first-order chi connectivity index (χ1) is 24.3. The first-order valence-corrected chi connectivity index (χ1v) is 20.1. The molecule has 4 atom stereocenters. The Labute approximate surface area is 300 Å². The highest BCUT2D eigenvalue weighted by molar-refractivity contribution is 6.99. The molecule has 1 heterocycles. The largest absolute Gasteiger partial charge is 0.401 e. The number of Topliss-reactive ketones (excluding diaryl/α,β-unsaturated/α-hetero) is 1. The van der Waals surface area contributed by atoms with Gasteiger partial charge in [0, 0.05) is 6.42 Å². The van der Waals surface area contributed by atoms with Crippen LogP contribution in [0.2, 0.25) is 5.04 Å². The van der Waals surface area contributed by atoms with E-state index in [0.29, 0.717) is 13.2 Å². The molecule has 0 unspecified atom stereocenters. The molecule has 0 spiro atoms. The topological polar surface area (TPSA) is 54.0 Å². The van der Waals surface area contributed by atoms with Gasteiger partial charge in [0.15, 0.2) is 5.78 Å². The molecule has 0 aliphatic carbocycles. The zero-order valence-electron chi connectivity index (χ0n) is 30.2. The minimum absolute atomic E-state index is 0.0329. The average Bonchev–Trinajstić information content (AvgIpc) is 3.13. The lowest BCUT2D eigenvalue weighted by Gasteiger charge is -2.45. The maximum absolute atomic E-state index is 13.7. The normalized spacial score (nSPS) is 19.1. The highest BCUT2D eigenvalue weighted by Crippen LogP contribution is 2.38. The molecule has 0 amide bonds. The van der Waals surface area contributed by atoms with Crippen molar-refractivity contribution in [2.24, 2.45) is 0 Å². The van der Waals surface area contributed by atoms with E-state index >= 15 is 0 Å². The third-order valence-corrected chi connectivity index (χ3v) is 14.5. The van der Waals surface area contributed by atoms with Gasteiger partial charge in [0.05, 0.1) is 32.0 Å². The summed E-state index contributed by atoms with van der Waals surface area (Å²) in [5.74, 6) is 0.0329. The fraction of sp³-hybridized carbons (Fsp3) is 0.386. The van der Waals surface area contributed by atoms with Crippen LogP contribution < -0.4 is 10.4 Å². The van der Waals surface area contributed by atoms with Gasteiger partial charge in [-0.3, -0.25) is 4.79 Å². The molecule has 0 N–H and O–H groups in total. The van der Waals surface area contributed by atoms with E-state index in [0.717, 1.165) is 36.8 Å². The minimum atomic E-state index is -2.79. The number of unbranched alkanes of at least 4 members (excludes halogenated alkanes) is 2. The molecule has 0 aromatic heterocycles. The van der Waals surface area contributed by atoms with E-state index in [1.807, 2.05) is 60.7 Å². The molecule has 4 aromatic rings. The number of carbonyl (C=O) groups is 1. The number of ketones is 1. The van der Waals surface area contributed by atoms with Crippen LogP contribution in [0.25, 0.3) is 0 Å². The van der Waals surface area contributed by atoms with Gasteiger partial charge in [-0.05, 0) is 33.0 Å². The summed E-state index contributed by atoms with van der Waals surface area (Å²) in [5.41, 5.74) is 2.09. The molecule has 1 aliphatic heterocycles. The smallest absolute Gasteiger partial charge is 0.261 e. The van der Waals surface area contributed by atoms with Crippen LogP contribution in [0.1, 0.15) is 70.9 Å². The van der Waals surface area contributed by atoms with Gasteiger partial charge in [-0.2, -0.15) is 0 Å². The maximum Gasteiger partial charge on any atom is 0.261 e. The second-order valence-electron chi connectivity index (χ2n) is 14.3. The van der Waals surface area contributed by atoms with Crippen LogP contribution >= 0.6 is 0 Å². The average molecular weight is 691 g/mol. The Kier molecular flexibility index (Phi) is 13.9. The Morgan fingerprint density at radius 1 is 0.780 bits per heavy atom. The molecule has 50 heavy (non-hydrogen) atoms. The molecule has 5 rings (SSSR count). The fourth-order valence-electron chi connectivity index (χ4n) is 6.89. The SMILES string of the molecule is CCCCC[C@@H](/C=C/[C@@H]1CC(=O)[C@@H](OCc2ccccc2)[C@@H](COCc2ccccc2)O1)O[Si](c1ccccc1)(c1ccccc1)C(C)(C)C. The highest BCUT2D eigenvalue weighted by Gasteiger charge is 2.51. The molecule has 5 nitrogen and oxygen atoms in total. The number of hydrogen-bond acceptors (Lipinski definition) is 5. The predicted molar refractivity (Wildman–Crippen MR) is 205 cm³/mol. The number of rotatable bonds is 17. The molecule has 0 radical (unpaired) electrons. The Balaban J connectivity index is 1.39. The molecule has 4 aromatic carbocycles. The van der Waals surface area contributed by atoms with E-state index in [1.165, 1.54) is 10.4 Å². The van der Waals surface area contributed by atoms with Crippen molar-refractivity contribution in [1.29, 1.82) is 0 Å². The zero-order chi connectivity index (χ0) is 35.2. The predicted octanol–water partition coefficient (Wildman–Crippen LogP) is 8.60. The van der Waals surface area contributed by atoms with Crippen LogP contribution in [0, 0.1) is 0 Å². The van der Waals surface area contributed by atoms with Gasteiger partial charge < -0.3 is 18.6 Å². The third-order valence-electron chi connectivity index (χ3n) is 9.45. The molecule has 6 heteroatoms. The van der Waals surface area contributed by atoms with Crippen molar-refractivity contribution >= 4 is 24.5 Å². The Morgan fingerprint density at radius 3 is 1.86 bits per heavy atom. The van der Waals surface area contributed by atoms with Crippen molar-refractivity contribution < 1.29 is 23.4 Å². The fourth-order valence-corrected chi connectivity index (χ4v) is 11.6. The summed E-state index contributed by atoms with van der Waals surface area (Å²) in [5, 5.41) is 2.37. The first kappa shape index (κ1) is 37.6. The highest BCUT2D eigenvalue weighted by atomic mass is 28.4. The van der Waals surface area contributed by atoms with Crippen LogP contribution in [0.5, 0.6) is 0 Å². The Bertz CT molecular complexity index is 1550. The quantitative estimate of drug-likeness (QED) is 0.0631. The van der Waals surface area contributed by atoms with Crippen LogP contribution in [0.3, 0.4) is 0 Å². The lowest BCUT2D eigenvalue weighted by Crippen LogP contribution is -2.67. The van der Waals surface area contributed by atoms with Crippen LogP contribution in [-0.2, 0) is 36.6 Å². The molecular formula is C44H54O5Si. The second kappa shape index (κ2) is 18.5.